The van der Waals surface area contributed by atoms with Crippen molar-refractivity contribution >= 4 is 38.2 Å². The Bertz CT molecular complexity index is 1210. The lowest BCUT2D eigenvalue weighted by atomic mass is 10.1. The Morgan fingerprint density at radius 3 is 2.66 bits per heavy atom. The molecule has 6 nitrogen and oxygen atoms in total. The molecule has 3 heterocycles. The van der Waals surface area contributed by atoms with Gasteiger partial charge in [0.05, 0.1) is 15.9 Å². The van der Waals surface area contributed by atoms with Gasteiger partial charge in [-0.15, -0.1) is 0 Å². The molecule has 0 radical (unpaired) electrons. The Kier molecular flexibility index (Phi) is 5.10. The van der Waals surface area contributed by atoms with Gasteiger partial charge in [0.2, 0.25) is 0 Å². The third kappa shape index (κ3) is 3.63. The van der Waals surface area contributed by atoms with Crippen LogP contribution in [0.4, 0.5) is 5.13 Å². The Morgan fingerprint density at radius 2 is 1.90 bits per heavy atom. The molecular weight excluding hydrogens is 382 g/mol. The molecule has 0 aliphatic rings. The highest BCUT2D eigenvalue weighted by Gasteiger charge is 2.26. The number of likely N-dealkylation sites (N-methyl/N-ethyl adjacent to an activating group) is 1. The van der Waals surface area contributed by atoms with Gasteiger partial charge in [-0.1, -0.05) is 23.5 Å². The van der Waals surface area contributed by atoms with Gasteiger partial charge in [0, 0.05) is 19.3 Å². The zero-order valence-corrected chi connectivity index (χ0v) is 18.2. The molecule has 29 heavy (non-hydrogen) atoms. The highest BCUT2D eigenvalue weighted by Crippen LogP contribution is 2.32. The number of hydrogen-bond acceptors (Lipinski definition) is 5. The highest BCUT2D eigenvalue weighted by atomic mass is 32.1. The molecule has 1 aromatic carbocycles. The van der Waals surface area contributed by atoms with Crippen molar-refractivity contribution < 1.29 is 4.79 Å². The third-order valence-corrected chi connectivity index (χ3v) is 6.00. The number of fused-ring (bicyclic) bond motifs is 2. The van der Waals surface area contributed by atoms with E-state index in [9.17, 15) is 4.79 Å². The number of pyridine rings is 1. The molecule has 0 aliphatic carbocycles. The van der Waals surface area contributed by atoms with Crippen molar-refractivity contribution in [1.29, 1.82) is 0 Å². The molecule has 7 heteroatoms. The fourth-order valence-corrected chi connectivity index (χ4v) is 4.72. The van der Waals surface area contributed by atoms with Gasteiger partial charge in [-0.2, -0.15) is 0 Å². The normalized spacial score (nSPS) is 11.7. The van der Waals surface area contributed by atoms with E-state index in [1.165, 1.54) is 5.56 Å². The van der Waals surface area contributed by atoms with Gasteiger partial charge in [0.15, 0.2) is 5.13 Å². The van der Waals surface area contributed by atoms with Crippen molar-refractivity contribution in [3.8, 4) is 0 Å². The standard InChI is InChI=1S/C22H25N5OS/c1-14-12-15(2)19-17(13-14)29-22(24-19)27(11-10-25(4)5)21(28)20-16(3)23-18-8-6-7-9-26(18)20/h6-9,12-13H,10-11H2,1-5H3. The molecule has 0 N–H and O–H groups in total. The van der Waals surface area contributed by atoms with Crippen LogP contribution in [0.1, 0.15) is 27.3 Å². The number of aryl methyl sites for hydroxylation is 3. The molecule has 0 aliphatic heterocycles. The van der Waals surface area contributed by atoms with Crippen molar-refractivity contribution in [1.82, 2.24) is 19.3 Å². The van der Waals surface area contributed by atoms with E-state index in [2.05, 4.69) is 35.9 Å². The number of rotatable bonds is 5. The van der Waals surface area contributed by atoms with Gasteiger partial charge in [0.1, 0.15) is 11.3 Å². The van der Waals surface area contributed by atoms with Crippen LogP contribution in [0.3, 0.4) is 0 Å². The fraction of sp³-hybridized carbons (Fsp3) is 0.318. The van der Waals surface area contributed by atoms with Crippen molar-refractivity contribution in [2.75, 3.05) is 32.1 Å². The van der Waals surface area contributed by atoms with Gasteiger partial charge in [-0.05, 0) is 64.2 Å². The number of nitrogens with zero attached hydrogens (tertiary/aromatic N) is 5. The number of anilines is 1. The van der Waals surface area contributed by atoms with Crippen LogP contribution in [-0.4, -0.2) is 52.4 Å². The second-order valence-electron chi connectivity index (χ2n) is 7.66. The predicted molar refractivity (Wildman–Crippen MR) is 119 cm³/mol. The van der Waals surface area contributed by atoms with E-state index in [0.29, 0.717) is 12.2 Å². The van der Waals surface area contributed by atoms with E-state index in [1.54, 1.807) is 16.2 Å². The van der Waals surface area contributed by atoms with Crippen LogP contribution in [0.15, 0.2) is 36.5 Å². The summed E-state index contributed by atoms with van der Waals surface area (Å²) >= 11 is 1.57. The summed E-state index contributed by atoms with van der Waals surface area (Å²) in [7, 11) is 4.02. The maximum Gasteiger partial charge on any atom is 0.279 e. The molecule has 150 valence electrons. The maximum absolute atomic E-state index is 13.7. The Labute approximate surface area is 174 Å². The number of thiazole rings is 1. The summed E-state index contributed by atoms with van der Waals surface area (Å²) in [5.74, 6) is -0.0727. The average Bonchev–Trinajstić information content (AvgIpc) is 3.21. The summed E-state index contributed by atoms with van der Waals surface area (Å²) in [6.07, 6.45) is 1.89. The van der Waals surface area contributed by atoms with E-state index in [1.807, 2.05) is 49.8 Å². The lowest BCUT2D eigenvalue weighted by Crippen LogP contribution is -2.37. The van der Waals surface area contributed by atoms with Gasteiger partial charge >= 0.3 is 0 Å². The first kappa shape index (κ1) is 19.5. The number of hydrogen-bond donors (Lipinski definition) is 0. The van der Waals surface area contributed by atoms with Crippen LogP contribution in [-0.2, 0) is 0 Å². The van der Waals surface area contributed by atoms with Crippen LogP contribution in [0.2, 0.25) is 0 Å². The lowest BCUT2D eigenvalue weighted by molar-refractivity contribution is 0.0979. The topological polar surface area (TPSA) is 53.7 Å². The van der Waals surface area contributed by atoms with E-state index in [0.717, 1.165) is 38.8 Å². The monoisotopic (exact) mass is 407 g/mol. The van der Waals surface area contributed by atoms with Gasteiger partial charge < -0.3 is 4.90 Å². The molecule has 0 bridgehead atoms. The summed E-state index contributed by atoms with van der Waals surface area (Å²) < 4.78 is 2.97. The molecule has 0 saturated carbocycles. The van der Waals surface area contributed by atoms with Crippen LogP contribution >= 0.6 is 11.3 Å². The Balaban J connectivity index is 1.82. The van der Waals surface area contributed by atoms with Crippen molar-refractivity contribution in [3.05, 3.63) is 59.0 Å². The van der Waals surface area contributed by atoms with E-state index in [4.69, 9.17) is 4.98 Å². The molecule has 0 unspecified atom stereocenters. The van der Waals surface area contributed by atoms with Crippen LogP contribution < -0.4 is 4.90 Å². The molecule has 4 aromatic rings. The molecule has 0 spiro atoms. The van der Waals surface area contributed by atoms with Crippen molar-refractivity contribution in [2.24, 2.45) is 0 Å². The smallest absolute Gasteiger partial charge is 0.279 e. The van der Waals surface area contributed by atoms with Crippen molar-refractivity contribution in [3.63, 3.8) is 0 Å². The largest absolute Gasteiger partial charge is 0.308 e. The first-order chi connectivity index (χ1) is 13.8. The number of carbonyl (C=O) groups is 1. The molecular formula is C22H25N5OS. The highest BCUT2D eigenvalue weighted by molar-refractivity contribution is 7.22. The third-order valence-electron chi connectivity index (χ3n) is 4.97. The minimum absolute atomic E-state index is 0.0727. The van der Waals surface area contributed by atoms with E-state index in [-0.39, 0.29) is 5.91 Å². The molecule has 3 aromatic heterocycles. The summed E-state index contributed by atoms with van der Waals surface area (Å²) in [5, 5.41) is 0.728. The quantitative estimate of drug-likeness (QED) is 0.500. The number of benzene rings is 1. The number of amides is 1. The zero-order chi connectivity index (χ0) is 20.7. The van der Waals surface area contributed by atoms with Gasteiger partial charge in [-0.3, -0.25) is 14.1 Å². The zero-order valence-electron chi connectivity index (χ0n) is 17.4. The van der Waals surface area contributed by atoms with Crippen LogP contribution in [0.5, 0.6) is 0 Å². The predicted octanol–water partition coefficient (Wildman–Crippen LogP) is 4.08. The summed E-state index contributed by atoms with van der Waals surface area (Å²) in [6, 6.07) is 10.0. The van der Waals surface area contributed by atoms with Gasteiger partial charge in [-0.25, -0.2) is 9.97 Å². The van der Waals surface area contributed by atoms with Crippen molar-refractivity contribution in [2.45, 2.75) is 20.8 Å². The van der Waals surface area contributed by atoms with E-state index >= 15 is 0 Å². The summed E-state index contributed by atoms with van der Waals surface area (Å²) in [4.78, 5) is 27.0. The number of carbonyl (C=O) groups excluding carboxylic acids is 1. The molecule has 0 saturated heterocycles. The SMILES string of the molecule is Cc1cc(C)c2nc(N(CCN(C)C)C(=O)c3c(C)nc4ccccn34)sc2c1. The second kappa shape index (κ2) is 7.57. The van der Waals surface area contributed by atoms with Crippen LogP contribution in [0.25, 0.3) is 15.9 Å². The van der Waals surface area contributed by atoms with E-state index < -0.39 is 0 Å². The summed E-state index contributed by atoms with van der Waals surface area (Å²) in [5.41, 5.74) is 5.39. The second-order valence-corrected chi connectivity index (χ2v) is 8.67. The minimum atomic E-state index is -0.0727. The first-order valence-corrected chi connectivity index (χ1v) is 10.4. The number of imidazole rings is 1. The molecule has 0 atom stereocenters. The average molecular weight is 408 g/mol. The maximum atomic E-state index is 13.7. The number of aromatic nitrogens is 3. The fourth-order valence-electron chi connectivity index (χ4n) is 3.56. The van der Waals surface area contributed by atoms with Crippen LogP contribution in [0, 0.1) is 20.8 Å². The Hall–Kier alpha value is -2.77. The minimum Gasteiger partial charge on any atom is -0.308 e. The molecule has 4 rings (SSSR count). The Morgan fingerprint density at radius 1 is 1.10 bits per heavy atom. The molecule has 1 amide bonds. The lowest BCUT2D eigenvalue weighted by Gasteiger charge is -2.22. The first-order valence-electron chi connectivity index (χ1n) is 9.63. The molecule has 0 fully saturated rings. The van der Waals surface area contributed by atoms with Gasteiger partial charge in [0.25, 0.3) is 5.91 Å². The summed E-state index contributed by atoms with van der Waals surface area (Å²) in [6.45, 7) is 7.34.